The van der Waals surface area contributed by atoms with Crippen LogP contribution < -0.4 is 5.32 Å². The van der Waals surface area contributed by atoms with Crippen LogP contribution in [0.4, 0.5) is 5.69 Å². The molecule has 2 aliphatic heterocycles. The molecular weight excluding hydrogens is 316 g/mol. The maximum Gasteiger partial charge on any atom is 0.238 e. The van der Waals surface area contributed by atoms with Crippen LogP contribution in [0.3, 0.4) is 0 Å². The van der Waals surface area contributed by atoms with Crippen LogP contribution in [0.15, 0.2) is 24.3 Å². The summed E-state index contributed by atoms with van der Waals surface area (Å²) in [4.78, 5) is 14.4. The van der Waals surface area contributed by atoms with Gasteiger partial charge >= 0.3 is 0 Å². The van der Waals surface area contributed by atoms with E-state index >= 15 is 0 Å². The fourth-order valence-electron chi connectivity index (χ4n) is 3.62. The highest BCUT2D eigenvalue weighted by Gasteiger charge is 2.47. The van der Waals surface area contributed by atoms with Crippen molar-refractivity contribution in [2.24, 2.45) is 0 Å². The summed E-state index contributed by atoms with van der Waals surface area (Å²) in [5.41, 5.74) is 0.520. The van der Waals surface area contributed by atoms with Crippen molar-refractivity contribution in [2.75, 3.05) is 38.7 Å². The summed E-state index contributed by atoms with van der Waals surface area (Å²) < 4.78 is 11.6. The van der Waals surface area contributed by atoms with Gasteiger partial charge in [0.15, 0.2) is 0 Å². The molecule has 5 nitrogen and oxygen atoms in total. The van der Waals surface area contributed by atoms with Crippen molar-refractivity contribution in [1.29, 1.82) is 0 Å². The number of nitrogens with zero attached hydrogens (tertiary/aromatic N) is 1. The third-order valence-corrected chi connectivity index (χ3v) is 4.95. The van der Waals surface area contributed by atoms with Gasteiger partial charge < -0.3 is 14.8 Å². The first kappa shape index (κ1) is 16.7. The predicted molar refractivity (Wildman–Crippen MR) is 89.9 cm³/mol. The molecule has 1 spiro atoms. The largest absolute Gasteiger partial charge is 0.378 e. The first-order valence-electron chi connectivity index (χ1n) is 8.06. The van der Waals surface area contributed by atoms with Gasteiger partial charge in [0.1, 0.15) is 5.60 Å². The summed E-state index contributed by atoms with van der Waals surface area (Å²) >= 11 is 5.85. The highest BCUT2D eigenvalue weighted by Crippen LogP contribution is 2.36. The lowest BCUT2D eigenvalue weighted by atomic mass is 9.87. The topological polar surface area (TPSA) is 50.8 Å². The Labute approximate surface area is 141 Å². The minimum Gasteiger partial charge on any atom is -0.378 e. The summed E-state index contributed by atoms with van der Waals surface area (Å²) in [5.74, 6) is -0.0173. The summed E-state index contributed by atoms with van der Waals surface area (Å²) in [7, 11) is 1.75. The van der Waals surface area contributed by atoms with Crippen LogP contribution in [-0.4, -0.2) is 55.9 Å². The third kappa shape index (κ3) is 3.86. The van der Waals surface area contributed by atoms with Crippen molar-refractivity contribution in [3.05, 3.63) is 29.3 Å². The number of amides is 1. The Kier molecular flexibility index (Phi) is 5.21. The molecule has 2 atom stereocenters. The molecule has 2 heterocycles. The molecule has 1 aromatic carbocycles. The van der Waals surface area contributed by atoms with E-state index in [2.05, 4.69) is 10.2 Å². The van der Waals surface area contributed by atoms with E-state index in [0.29, 0.717) is 11.6 Å². The fraction of sp³-hybridized carbons (Fsp3) is 0.588. The van der Waals surface area contributed by atoms with Gasteiger partial charge in [-0.25, -0.2) is 0 Å². The molecule has 0 aromatic heterocycles. The first-order chi connectivity index (χ1) is 11.1. The number of ether oxygens (including phenoxy) is 2. The number of methoxy groups -OCH3 is 1. The lowest BCUT2D eigenvalue weighted by Crippen LogP contribution is -2.58. The predicted octanol–water partition coefficient (Wildman–Crippen LogP) is 2.55. The number of nitrogens with one attached hydrogen (secondary N) is 1. The number of likely N-dealkylation sites (tertiary alicyclic amines) is 1. The van der Waals surface area contributed by atoms with Gasteiger partial charge in [0.2, 0.25) is 5.91 Å². The standard InChI is InChI=1S/C17H23ClN2O3/c1-22-15-7-9-20(12-17(15)8-2-10-23-17)11-16(21)19-14-5-3-13(18)4-6-14/h3-6,15H,2,7-12H2,1H3,(H,19,21). The van der Waals surface area contributed by atoms with Crippen molar-refractivity contribution >= 4 is 23.2 Å². The summed E-state index contributed by atoms with van der Waals surface area (Å²) in [5, 5.41) is 3.57. The molecule has 23 heavy (non-hydrogen) atoms. The van der Waals surface area contributed by atoms with Crippen molar-refractivity contribution in [1.82, 2.24) is 4.90 Å². The van der Waals surface area contributed by atoms with E-state index in [-0.39, 0.29) is 17.6 Å². The number of carbonyl (C=O) groups excluding carboxylic acids is 1. The Hall–Kier alpha value is -1.14. The zero-order valence-corrected chi connectivity index (χ0v) is 14.1. The zero-order valence-electron chi connectivity index (χ0n) is 13.4. The van der Waals surface area contributed by atoms with Crippen molar-refractivity contribution < 1.29 is 14.3 Å². The van der Waals surface area contributed by atoms with E-state index in [9.17, 15) is 4.79 Å². The number of hydrogen-bond acceptors (Lipinski definition) is 4. The van der Waals surface area contributed by atoms with E-state index in [1.807, 2.05) is 0 Å². The van der Waals surface area contributed by atoms with Gasteiger partial charge in [0.05, 0.1) is 12.6 Å². The Morgan fingerprint density at radius 3 is 2.91 bits per heavy atom. The van der Waals surface area contributed by atoms with Gasteiger partial charge in [-0.3, -0.25) is 9.69 Å². The number of rotatable bonds is 4. The second kappa shape index (κ2) is 7.18. The van der Waals surface area contributed by atoms with Gasteiger partial charge in [-0.2, -0.15) is 0 Å². The Balaban J connectivity index is 1.57. The summed E-state index contributed by atoms with van der Waals surface area (Å²) in [6.07, 6.45) is 3.08. The first-order valence-corrected chi connectivity index (χ1v) is 8.44. The van der Waals surface area contributed by atoms with E-state index in [1.54, 1.807) is 31.4 Å². The van der Waals surface area contributed by atoms with Crippen LogP contribution >= 0.6 is 11.6 Å². The zero-order chi connectivity index (χ0) is 16.3. The van der Waals surface area contributed by atoms with E-state index in [4.69, 9.17) is 21.1 Å². The van der Waals surface area contributed by atoms with Crippen LogP contribution in [0.1, 0.15) is 19.3 Å². The monoisotopic (exact) mass is 338 g/mol. The maximum atomic E-state index is 12.3. The highest BCUT2D eigenvalue weighted by atomic mass is 35.5. The van der Waals surface area contributed by atoms with Gasteiger partial charge in [0.25, 0.3) is 0 Å². The SMILES string of the molecule is COC1CCN(CC(=O)Nc2ccc(Cl)cc2)CC12CCCO2. The summed E-state index contributed by atoms with van der Waals surface area (Å²) in [6.45, 7) is 2.74. The van der Waals surface area contributed by atoms with Crippen LogP contribution in [-0.2, 0) is 14.3 Å². The number of benzene rings is 1. The molecule has 126 valence electrons. The van der Waals surface area contributed by atoms with Crippen LogP contribution in [0, 0.1) is 0 Å². The van der Waals surface area contributed by atoms with Crippen molar-refractivity contribution in [3.63, 3.8) is 0 Å². The third-order valence-electron chi connectivity index (χ3n) is 4.70. The lowest BCUT2D eigenvalue weighted by Gasteiger charge is -2.44. The summed E-state index contributed by atoms with van der Waals surface area (Å²) in [6, 6.07) is 7.14. The molecule has 2 aliphatic rings. The molecule has 2 saturated heterocycles. The van der Waals surface area contributed by atoms with Crippen molar-refractivity contribution in [3.8, 4) is 0 Å². The second-order valence-corrected chi connectivity index (χ2v) is 6.73. The Morgan fingerprint density at radius 1 is 1.48 bits per heavy atom. The molecule has 0 bridgehead atoms. The fourth-order valence-corrected chi connectivity index (χ4v) is 3.75. The van der Waals surface area contributed by atoms with Gasteiger partial charge in [-0.05, 0) is 43.5 Å². The normalized spacial score (nSPS) is 28.2. The minimum atomic E-state index is -0.243. The minimum absolute atomic E-state index is 0.0173. The number of carbonyl (C=O) groups is 1. The number of halogens is 1. The average molecular weight is 339 g/mol. The molecule has 1 N–H and O–H groups in total. The van der Waals surface area contributed by atoms with Gasteiger partial charge in [-0.15, -0.1) is 0 Å². The molecule has 2 fully saturated rings. The van der Waals surface area contributed by atoms with Gasteiger partial charge in [0, 0.05) is 37.5 Å². The molecule has 0 radical (unpaired) electrons. The molecule has 0 saturated carbocycles. The smallest absolute Gasteiger partial charge is 0.238 e. The molecule has 6 heteroatoms. The molecule has 1 amide bonds. The van der Waals surface area contributed by atoms with E-state index < -0.39 is 0 Å². The van der Waals surface area contributed by atoms with Gasteiger partial charge in [-0.1, -0.05) is 11.6 Å². The Bertz CT molecular complexity index is 543. The van der Waals surface area contributed by atoms with Crippen molar-refractivity contribution in [2.45, 2.75) is 31.0 Å². The molecule has 1 aromatic rings. The quantitative estimate of drug-likeness (QED) is 0.916. The number of piperidine rings is 1. The molecule has 3 rings (SSSR count). The number of anilines is 1. The maximum absolute atomic E-state index is 12.3. The molecule has 0 aliphatic carbocycles. The van der Waals surface area contributed by atoms with E-state index in [0.717, 1.165) is 44.6 Å². The lowest BCUT2D eigenvalue weighted by molar-refractivity contribution is -0.146. The average Bonchev–Trinajstić information content (AvgIpc) is 2.98. The molecular formula is C17H23ClN2O3. The van der Waals surface area contributed by atoms with Crippen LogP contribution in [0.5, 0.6) is 0 Å². The number of hydrogen-bond donors (Lipinski definition) is 1. The molecule has 2 unspecified atom stereocenters. The Morgan fingerprint density at radius 2 is 2.26 bits per heavy atom. The van der Waals surface area contributed by atoms with E-state index in [1.165, 1.54) is 0 Å². The second-order valence-electron chi connectivity index (χ2n) is 6.30. The highest BCUT2D eigenvalue weighted by molar-refractivity contribution is 6.30. The van der Waals surface area contributed by atoms with Crippen LogP contribution in [0.25, 0.3) is 0 Å². The van der Waals surface area contributed by atoms with Crippen LogP contribution in [0.2, 0.25) is 5.02 Å².